The predicted octanol–water partition coefficient (Wildman–Crippen LogP) is 2.00. The number of carbonyl (C=O) groups is 2. The number of ether oxygens (including phenoxy) is 1. The summed E-state index contributed by atoms with van der Waals surface area (Å²) in [7, 11) is 0. The van der Waals surface area contributed by atoms with Crippen molar-refractivity contribution in [3.8, 4) is 0 Å². The first-order valence-electron chi connectivity index (χ1n) is 9.17. The van der Waals surface area contributed by atoms with Gasteiger partial charge in [0.05, 0.1) is 31.0 Å². The lowest BCUT2D eigenvalue weighted by Crippen LogP contribution is -2.42. The van der Waals surface area contributed by atoms with Gasteiger partial charge in [-0.1, -0.05) is 6.07 Å². The number of hydrogen-bond acceptors (Lipinski definition) is 8. The van der Waals surface area contributed by atoms with Crippen molar-refractivity contribution in [2.45, 2.75) is 13.0 Å². The van der Waals surface area contributed by atoms with E-state index in [0.29, 0.717) is 29.5 Å². The van der Waals surface area contributed by atoms with Gasteiger partial charge in [0, 0.05) is 30.2 Å². The molecule has 1 atom stereocenters. The molecule has 1 aliphatic heterocycles. The van der Waals surface area contributed by atoms with Gasteiger partial charge in [0.2, 0.25) is 0 Å². The topological polar surface area (TPSA) is 105 Å². The Morgan fingerprint density at radius 2 is 2.24 bits per heavy atom. The van der Waals surface area contributed by atoms with Crippen molar-refractivity contribution in [2.24, 2.45) is 0 Å². The van der Waals surface area contributed by atoms with E-state index in [2.05, 4.69) is 15.3 Å². The molecule has 4 heterocycles. The number of nitrogens with zero attached hydrogens (tertiary/aromatic N) is 3. The molecule has 0 aliphatic carbocycles. The number of hydrogen-bond donors (Lipinski definition) is 2. The Hall–Kier alpha value is -2.40. The molecule has 10 heteroatoms. The number of carbonyl (C=O) groups excluding carboxylic acids is 2. The second kappa shape index (κ2) is 8.54. The van der Waals surface area contributed by atoms with Crippen molar-refractivity contribution in [2.75, 3.05) is 32.8 Å². The Labute approximate surface area is 175 Å². The number of morpholine rings is 1. The van der Waals surface area contributed by atoms with Crippen molar-refractivity contribution in [1.29, 1.82) is 0 Å². The van der Waals surface area contributed by atoms with Gasteiger partial charge >= 0.3 is 0 Å². The molecule has 4 rings (SSSR count). The highest BCUT2D eigenvalue weighted by atomic mass is 32.1. The summed E-state index contributed by atoms with van der Waals surface area (Å²) in [6.07, 6.45) is 1.25. The summed E-state index contributed by atoms with van der Waals surface area (Å²) in [6, 6.07) is 3.73. The molecule has 8 nitrogen and oxygen atoms in total. The molecule has 1 fully saturated rings. The van der Waals surface area contributed by atoms with E-state index in [0.717, 1.165) is 21.5 Å². The van der Waals surface area contributed by atoms with Gasteiger partial charge in [-0.15, -0.1) is 22.7 Å². The third-order valence-corrected chi connectivity index (χ3v) is 6.77. The molecule has 0 bridgehead atoms. The summed E-state index contributed by atoms with van der Waals surface area (Å²) < 4.78 is 6.00. The quantitative estimate of drug-likeness (QED) is 0.639. The molecule has 152 valence electrons. The van der Waals surface area contributed by atoms with E-state index in [9.17, 15) is 9.59 Å². The fourth-order valence-corrected chi connectivity index (χ4v) is 5.23. The summed E-state index contributed by atoms with van der Waals surface area (Å²) >= 11 is 2.62. The number of fused-ring (bicyclic) bond motifs is 1. The van der Waals surface area contributed by atoms with Crippen molar-refractivity contribution in [3.05, 3.63) is 44.9 Å². The molecule has 0 aromatic carbocycles. The van der Waals surface area contributed by atoms with Crippen molar-refractivity contribution in [1.82, 2.24) is 20.2 Å². The largest absolute Gasteiger partial charge is 0.395 e. The van der Waals surface area contributed by atoms with Gasteiger partial charge in [-0.2, -0.15) is 0 Å². The van der Waals surface area contributed by atoms with E-state index in [1.54, 1.807) is 16.6 Å². The molecule has 0 spiro atoms. The zero-order valence-electron chi connectivity index (χ0n) is 15.8. The normalized spacial score (nSPS) is 16.9. The van der Waals surface area contributed by atoms with Gasteiger partial charge in [-0.3, -0.25) is 9.59 Å². The Morgan fingerprint density at radius 3 is 3.00 bits per heavy atom. The third-order valence-electron chi connectivity index (χ3n) is 4.72. The predicted molar refractivity (Wildman–Crippen MR) is 110 cm³/mol. The van der Waals surface area contributed by atoms with Gasteiger partial charge in [0.1, 0.15) is 20.7 Å². The van der Waals surface area contributed by atoms with E-state index >= 15 is 0 Å². The number of nitrogens with one attached hydrogen (secondary N) is 1. The summed E-state index contributed by atoms with van der Waals surface area (Å²) in [5.41, 5.74) is 3.13. The van der Waals surface area contributed by atoms with E-state index in [4.69, 9.17) is 9.84 Å². The SMILES string of the molecule is Cc1ncsc1C(=O)N1CCO[C@@H](c2c(C(=O)NCCO)sc3ncccc23)C1. The molecule has 29 heavy (non-hydrogen) atoms. The van der Waals surface area contributed by atoms with Crippen LogP contribution in [0.15, 0.2) is 23.8 Å². The Balaban J connectivity index is 1.67. The minimum Gasteiger partial charge on any atom is -0.395 e. The molecule has 1 saturated heterocycles. The van der Waals surface area contributed by atoms with Crippen molar-refractivity contribution >= 4 is 44.7 Å². The van der Waals surface area contributed by atoms with Gasteiger partial charge in [-0.05, 0) is 13.0 Å². The summed E-state index contributed by atoms with van der Waals surface area (Å²) in [6.45, 7) is 3.06. The smallest absolute Gasteiger partial charge is 0.266 e. The molecular formula is C19H20N4O4S2. The fourth-order valence-electron chi connectivity index (χ4n) is 3.35. The molecular weight excluding hydrogens is 412 g/mol. The number of thiophene rings is 1. The monoisotopic (exact) mass is 432 g/mol. The first-order chi connectivity index (χ1) is 14.1. The molecule has 0 unspecified atom stereocenters. The molecule has 2 N–H and O–H groups in total. The van der Waals surface area contributed by atoms with Crippen molar-refractivity contribution < 1.29 is 19.4 Å². The van der Waals surface area contributed by atoms with Crippen LogP contribution < -0.4 is 5.32 Å². The Kier molecular flexibility index (Phi) is 5.86. The minimum atomic E-state index is -0.436. The lowest BCUT2D eigenvalue weighted by atomic mass is 10.0. The lowest BCUT2D eigenvalue weighted by molar-refractivity contribution is -0.0221. The van der Waals surface area contributed by atoms with Crippen LogP contribution in [0.2, 0.25) is 0 Å². The highest BCUT2D eigenvalue weighted by molar-refractivity contribution is 7.20. The summed E-state index contributed by atoms with van der Waals surface area (Å²) in [5.74, 6) is -0.343. The van der Waals surface area contributed by atoms with Crippen LogP contribution in [-0.2, 0) is 4.74 Å². The average Bonchev–Trinajstić information content (AvgIpc) is 3.35. The van der Waals surface area contributed by atoms with Gasteiger partial charge in [-0.25, -0.2) is 9.97 Å². The van der Waals surface area contributed by atoms with Crippen LogP contribution in [0.1, 0.15) is 36.7 Å². The van der Waals surface area contributed by atoms with Crippen LogP contribution >= 0.6 is 22.7 Å². The summed E-state index contributed by atoms with van der Waals surface area (Å²) in [5, 5.41) is 12.6. The average molecular weight is 433 g/mol. The molecule has 1 aliphatic rings. The van der Waals surface area contributed by atoms with Crippen LogP contribution in [0.25, 0.3) is 10.2 Å². The van der Waals surface area contributed by atoms with Gasteiger partial charge < -0.3 is 20.1 Å². The number of amides is 2. The maximum Gasteiger partial charge on any atom is 0.266 e. The third kappa shape index (κ3) is 3.88. The van der Waals surface area contributed by atoms with Crippen LogP contribution in [0.3, 0.4) is 0 Å². The number of rotatable bonds is 5. The number of aromatic nitrogens is 2. The molecule has 2 amide bonds. The van der Waals surface area contributed by atoms with Crippen LogP contribution in [0.4, 0.5) is 0 Å². The zero-order chi connectivity index (χ0) is 20.4. The van der Waals surface area contributed by atoms with E-state index < -0.39 is 6.10 Å². The zero-order valence-corrected chi connectivity index (χ0v) is 17.4. The highest BCUT2D eigenvalue weighted by Crippen LogP contribution is 2.37. The number of aryl methyl sites for hydroxylation is 1. The maximum atomic E-state index is 12.9. The number of aliphatic hydroxyl groups excluding tert-OH is 1. The van der Waals surface area contributed by atoms with Crippen LogP contribution in [-0.4, -0.2) is 64.6 Å². The van der Waals surface area contributed by atoms with Gasteiger partial charge in [0.15, 0.2) is 0 Å². The number of aliphatic hydroxyl groups is 1. The number of pyridine rings is 1. The van der Waals surface area contributed by atoms with E-state index in [1.807, 2.05) is 19.1 Å². The second-order valence-corrected chi connectivity index (χ2v) is 8.41. The maximum absolute atomic E-state index is 12.9. The minimum absolute atomic E-state index is 0.0674. The first-order valence-corrected chi connectivity index (χ1v) is 10.9. The molecule has 0 radical (unpaired) electrons. The second-order valence-electron chi connectivity index (χ2n) is 6.56. The Bertz CT molecular complexity index is 1050. The Morgan fingerprint density at radius 1 is 1.38 bits per heavy atom. The number of thiazole rings is 1. The fraction of sp³-hybridized carbons (Fsp3) is 0.368. The molecule has 3 aromatic heterocycles. The van der Waals surface area contributed by atoms with Crippen LogP contribution in [0.5, 0.6) is 0 Å². The molecule has 3 aromatic rings. The van der Waals surface area contributed by atoms with E-state index in [1.165, 1.54) is 22.7 Å². The lowest BCUT2D eigenvalue weighted by Gasteiger charge is -2.33. The van der Waals surface area contributed by atoms with E-state index in [-0.39, 0.29) is 25.0 Å². The first kappa shape index (κ1) is 19.9. The molecule has 0 saturated carbocycles. The standard InChI is InChI=1S/C19H20N4O4S2/c1-11-15(28-10-22-11)19(26)23-6-8-27-13(9-23)14-12-3-2-4-21-18(12)29-16(14)17(25)20-5-7-24/h2-4,10,13,24H,5-9H2,1H3,(H,20,25)/t13-/m1/s1. The van der Waals surface area contributed by atoms with Crippen molar-refractivity contribution in [3.63, 3.8) is 0 Å². The summed E-state index contributed by atoms with van der Waals surface area (Å²) in [4.78, 5) is 37.8. The highest BCUT2D eigenvalue weighted by Gasteiger charge is 2.32. The van der Waals surface area contributed by atoms with Crippen LogP contribution in [0, 0.1) is 6.92 Å². The van der Waals surface area contributed by atoms with Gasteiger partial charge in [0.25, 0.3) is 11.8 Å².